The maximum Gasteiger partial charge on any atom is 0.226 e. The van der Waals surface area contributed by atoms with Crippen LogP contribution >= 0.6 is 0 Å². The fourth-order valence-corrected chi connectivity index (χ4v) is 2.82. The van der Waals surface area contributed by atoms with Crippen molar-refractivity contribution in [3.05, 3.63) is 11.3 Å². The van der Waals surface area contributed by atoms with Gasteiger partial charge in [0.2, 0.25) is 11.8 Å². The van der Waals surface area contributed by atoms with E-state index in [0.717, 1.165) is 0 Å². The first-order valence-corrected chi connectivity index (χ1v) is 6.72. The van der Waals surface area contributed by atoms with Gasteiger partial charge in [0, 0.05) is 31.4 Å². The van der Waals surface area contributed by atoms with E-state index >= 15 is 0 Å². The molecule has 2 fully saturated rings. The number of imide groups is 1. The fraction of sp³-hybridized carbons (Fsp3) is 0.571. The summed E-state index contributed by atoms with van der Waals surface area (Å²) in [7, 11) is 0. The van der Waals surface area contributed by atoms with E-state index in [0.29, 0.717) is 12.8 Å². The van der Waals surface area contributed by atoms with Crippen molar-refractivity contribution in [1.29, 1.82) is 5.41 Å². The van der Waals surface area contributed by atoms with Crippen LogP contribution in [0.4, 0.5) is 0 Å². The SMILES string of the molecule is CC1CC(=N)C(=C(O)CC2CC(=O)NC(=O)C2)C(=O)C1. The zero-order valence-corrected chi connectivity index (χ0v) is 11.4. The number of allylic oxidation sites excluding steroid dienone is 2. The van der Waals surface area contributed by atoms with Gasteiger partial charge in [-0.1, -0.05) is 6.92 Å². The Kier molecular flexibility index (Phi) is 4.01. The van der Waals surface area contributed by atoms with Crippen LogP contribution in [0.25, 0.3) is 0 Å². The molecule has 108 valence electrons. The molecule has 1 atom stereocenters. The first kappa shape index (κ1) is 14.4. The third kappa shape index (κ3) is 3.12. The van der Waals surface area contributed by atoms with Crippen molar-refractivity contribution in [3.8, 4) is 0 Å². The Balaban J connectivity index is 2.13. The van der Waals surface area contributed by atoms with Gasteiger partial charge in [-0.15, -0.1) is 0 Å². The van der Waals surface area contributed by atoms with Crippen molar-refractivity contribution >= 4 is 23.3 Å². The molecule has 3 N–H and O–H groups in total. The number of ketones is 1. The van der Waals surface area contributed by atoms with Gasteiger partial charge in [-0.25, -0.2) is 0 Å². The number of carbonyl (C=O) groups is 3. The summed E-state index contributed by atoms with van der Waals surface area (Å²) in [5, 5.41) is 20.2. The van der Waals surface area contributed by atoms with Gasteiger partial charge in [-0.2, -0.15) is 0 Å². The van der Waals surface area contributed by atoms with Gasteiger partial charge in [0.05, 0.1) is 5.57 Å². The van der Waals surface area contributed by atoms with Crippen molar-refractivity contribution < 1.29 is 19.5 Å². The monoisotopic (exact) mass is 278 g/mol. The number of amides is 2. The van der Waals surface area contributed by atoms with Crippen LogP contribution in [0, 0.1) is 17.2 Å². The molecule has 1 heterocycles. The van der Waals surface area contributed by atoms with E-state index in [4.69, 9.17) is 5.41 Å². The van der Waals surface area contributed by atoms with Crippen molar-refractivity contribution in [2.45, 2.75) is 39.0 Å². The van der Waals surface area contributed by atoms with Crippen LogP contribution in [0.1, 0.15) is 39.0 Å². The number of nitrogens with one attached hydrogen (secondary N) is 2. The first-order valence-electron chi connectivity index (χ1n) is 6.72. The molecule has 1 saturated carbocycles. The molecular formula is C14H18N2O4. The Bertz CT molecular complexity index is 485. The summed E-state index contributed by atoms with van der Waals surface area (Å²) in [6, 6.07) is 0. The van der Waals surface area contributed by atoms with E-state index in [-0.39, 0.29) is 65.7 Å². The largest absolute Gasteiger partial charge is 0.511 e. The molecule has 0 spiro atoms. The van der Waals surface area contributed by atoms with Gasteiger partial charge < -0.3 is 10.5 Å². The summed E-state index contributed by atoms with van der Waals surface area (Å²) in [4.78, 5) is 34.5. The topological polar surface area (TPSA) is 107 Å². The van der Waals surface area contributed by atoms with Crippen LogP contribution in [0.2, 0.25) is 0 Å². The predicted octanol–water partition coefficient (Wildman–Crippen LogP) is 1.26. The van der Waals surface area contributed by atoms with Crippen molar-refractivity contribution in [2.75, 3.05) is 0 Å². The van der Waals surface area contributed by atoms with Crippen LogP contribution in [0.3, 0.4) is 0 Å². The maximum absolute atomic E-state index is 11.9. The smallest absolute Gasteiger partial charge is 0.226 e. The van der Waals surface area contributed by atoms with Gasteiger partial charge in [0.25, 0.3) is 0 Å². The van der Waals surface area contributed by atoms with Crippen molar-refractivity contribution in [3.63, 3.8) is 0 Å². The van der Waals surface area contributed by atoms with Crippen LogP contribution in [0.15, 0.2) is 11.3 Å². The van der Waals surface area contributed by atoms with E-state index in [2.05, 4.69) is 5.32 Å². The van der Waals surface area contributed by atoms with Crippen molar-refractivity contribution in [2.24, 2.45) is 11.8 Å². The average Bonchev–Trinajstić information content (AvgIpc) is 2.25. The van der Waals surface area contributed by atoms with Crippen LogP contribution in [-0.2, 0) is 14.4 Å². The Morgan fingerprint density at radius 2 is 1.80 bits per heavy atom. The third-order valence-electron chi connectivity index (χ3n) is 3.66. The lowest BCUT2D eigenvalue weighted by Crippen LogP contribution is -2.38. The van der Waals surface area contributed by atoms with Gasteiger partial charge in [-0.3, -0.25) is 19.7 Å². The van der Waals surface area contributed by atoms with Crippen LogP contribution < -0.4 is 5.32 Å². The summed E-state index contributed by atoms with van der Waals surface area (Å²) in [5.41, 5.74) is 0.236. The van der Waals surface area contributed by atoms with E-state index in [1.807, 2.05) is 6.92 Å². The molecular weight excluding hydrogens is 260 g/mol. The Morgan fingerprint density at radius 3 is 2.35 bits per heavy atom. The summed E-state index contributed by atoms with van der Waals surface area (Å²) in [6.07, 6.45) is 1.19. The summed E-state index contributed by atoms with van der Waals surface area (Å²) < 4.78 is 0. The quantitative estimate of drug-likeness (QED) is 0.401. The molecule has 0 aromatic heterocycles. The van der Waals surface area contributed by atoms with Crippen LogP contribution in [0.5, 0.6) is 0 Å². The molecule has 2 aliphatic rings. The molecule has 2 amide bonds. The Morgan fingerprint density at radius 1 is 1.20 bits per heavy atom. The highest BCUT2D eigenvalue weighted by atomic mass is 16.3. The number of rotatable bonds is 2. The minimum Gasteiger partial charge on any atom is -0.511 e. The maximum atomic E-state index is 11.9. The normalized spacial score (nSPS) is 27.6. The second-order valence-electron chi connectivity index (χ2n) is 5.69. The third-order valence-corrected chi connectivity index (χ3v) is 3.66. The van der Waals surface area contributed by atoms with E-state index in [1.165, 1.54) is 0 Å². The number of hydrogen-bond donors (Lipinski definition) is 3. The highest BCUT2D eigenvalue weighted by Gasteiger charge is 2.31. The molecule has 1 unspecified atom stereocenters. The lowest BCUT2D eigenvalue weighted by molar-refractivity contribution is -0.134. The van der Waals surface area contributed by atoms with Crippen molar-refractivity contribution in [1.82, 2.24) is 5.32 Å². The second-order valence-corrected chi connectivity index (χ2v) is 5.69. The molecule has 1 saturated heterocycles. The van der Waals surface area contributed by atoms with Gasteiger partial charge >= 0.3 is 0 Å². The zero-order chi connectivity index (χ0) is 14.9. The van der Waals surface area contributed by atoms with Gasteiger partial charge in [0.15, 0.2) is 5.78 Å². The molecule has 1 aliphatic carbocycles. The molecule has 0 bridgehead atoms. The number of hydrogen-bond acceptors (Lipinski definition) is 5. The summed E-state index contributed by atoms with van der Waals surface area (Å²) in [6.45, 7) is 1.89. The molecule has 0 radical (unpaired) electrons. The number of carbonyl (C=O) groups excluding carboxylic acids is 3. The number of aliphatic hydroxyl groups excluding tert-OH is 1. The molecule has 0 aromatic rings. The predicted molar refractivity (Wildman–Crippen MR) is 71.3 cm³/mol. The average molecular weight is 278 g/mol. The summed E-state index contributed by atoms with van der Waals surface area (Å²) >= 11 is 0. The number of aliphatic hydroxyl groups is 1. The molecule has 0 aromatic carbocycles. The minimum atomic E-state index is -0.359. The molecule has 6 heteroatoms. The Labute approximate surface area is 116 Å². The Hall–Kier alpha value is -1.98. The standard InChI is InChI=1S/C14H18N2O4/c1-7-2-9(15)14(10(17)3-7)11(18)4-8-5-12(19)16-13(20)6-8/h7-8,15,18H,2-6H2,1H3,(H,16,19,20). The van der Waals surface area contributed by atoms with Gasteiger partial charge in [-0.05, 0) is 18.3 Å². The molecule has 20 heavy (non-hydrogen) atoms. The van der Waals surface area contributed by atoms with Crippen LogP contribution in [-0.4, -0.2) is 28.4 Å². The lowest BCUT2D eigenvalue weighted by atomic mass is 9.82. The highest BCUT2D eigenvalue weighted by molar-refractivity contribution is 6.23. The second kappa shape index (κ2) is 5.56. The minimum absolute atomic E-state index is 0.0848. The molecule has 1 aliphatic heterocycles. The first-order chi connectivity index (χ1) is 9.36. The van der Waals surface area contributed by atoms with E-state index in [1.54, 1.807) is 0 Å². The lowest BCUT2D eigenvalue weighted by Gasteiger charge is -2.24. The van der Waals surface area contributed by atoms with E-state index < -0.39 is 0 Å². The van der Waals surface area contributed by atoms with E-state index in [9.17, 15) is 19.5 Å². The summed E-state index contributed by atoms with van der Waals surface area (Å²) in [5.74, 6) is -1.28. The molecule has 2 rings (SSSR count). The molecule has 6 nitrogen and oxygen atoms in total. The zero-order valence-electron chi connectivity index (χ0n) is 11.4. The highest BCUT2D eigenvalue weighted by Crippen LogP contribution is 2.28. The number of piperidine rings is 1. The fourth-order valence-electron chi connectivity index (χ4n) is 2.82. The van der Waals surface area contributed by atoms with Gasteiger partial charge in [0.1, 0.15) is 5.76 Å². The number of Topliss-reactive ketones (excluding diaryl/α,β-unsaturated/α-hetero) is 1.